The zero-order chi connectivity index (χ0) is 30.2. The van der Waals surface area contributed by atoms with Crippen molar-refractivity contribution in [2.24, 2.45) is 7.05 Å². The van der Waals surface area contributed by atoms with Crippen LogP contribution in [0.25, 0.3) is 22.2 Å². The number of nitrogens with zero attached hydrogens (tertiary/aromatic N) is 4. The Hall–Kier alpha value is -5.21. The second-order valence-corrected chi connectivity index (χ2v) is 8.98. The number of aryl methyl sites for hydroxylation is 1. The molecule has 5 rings (SSSR count). The third kappa shape index (κ3) is 5.53. The monoisotopic (exact) mass is 589 g/mol. The first kappa shape index (κ1) is 28.3. The second kappa shape index (κ2) is 11.0. The van der Waals surface area contributed by atoms with Crippen molar-refractivity contribution in [1.29, 1.82) is 0 Å². The molecule has 1 amide bonds. The molecule has 15 heteroatoms. The SMILES string of the molecule is COc1cc(-c2cc(C(F)(F)F)cc3c2n(C)c(=O)n3CC(=O)Nc2ccc(F)cc2)cc(F)c1OCc1nnco1. The van der Waals surface area contributed by atoms with Crippen LogP contribution in [0.15, 0.2) is 64.1 Å². The van der Waals surface area contributed by atoms with E-state index in [0.29, 0.717) is 0 Å². The highest BCUT2D eigenvalue weighted by molar-refractivity contribution is 5.96. The number of ether oxygens (including phenoxy) is 2. The number of carbonyl (C=O) groups is 1. The van der Waals surface area contributed by atoms with Crippen molar-refractivity contribution in [1.82, 2.24) is 19.3 Å². The number of benzene rings is 3. The average molecular weight is 589 g/mol. The van der Waals surface area contributed by atoms with E-state index in [0.717, 1.165) is 45.9 Å². The molecule has 0 aliphatic rings. The van der Waals surface area contributed by atoms with E-state index in [1.54, 1.807) is 0 Å². The third-order valence-electron chi connectivity index (χ3n) is 6.28. The average Bonchev–Trinajstić information content (AvgIpc) is 3.55. The topological polar surface area (TPSA) is 113 Å². The fraction of sp³-hybridized carbons (Fsp3) is 0.185. The fourth-order valence-corrected chi connectivity index (χ4v) is 4.38. The molecule has 0 radical (unpaired) electrons. The first-order valence-corrected chi connectivity index (χ1v) is 12.1. The molecule has 5 aromatic rings. The standard InChI is InChI=1S/C27H20F5N5O5/c1-36-24-18(14-7-19(29)25(21(8-14)40-2)41-12-23-35-33-13-42-23)9-15(27(30,31)32)10-20(24)37(26(36)39)11-22(38)34-17-5-3-16(28)4-6-17/h3-10,13H,11-12H2,1-2H3,(H,34,38). The van der Waals surface area contributed by atoms with E-state index in [9.17, 15) is 27.2 Å². The minimum absolute atomic E-state index is 0.00330. The summed E-state index contributed by atoms with van der Waals surface area (Å²) in [4.78, 5) is 25.9. The van der Waals surface area contributed by atoms with Gasteiger partial charge in [0.2, 0.25) is 12.3 Å². The van der Waals surface area contributed by atoms with Crippen LogP contribution < -0.4 is 20.5 Å². The maximum Gasteiger partial charge on any atom is 0.416 e. The molecule has 0 spiro atoms. The van der Waals surface area contributed by atoms with Gasteiger partial charge in [-0.15, -0.1) is 10.2 Å². The molecule has 0 bridgehead atoms. The van der Waals surface area contributed by atoms with Crippen LogP contribution in [0.1, 0.15) is 11.5 Å². The lowest BCUT2D eigenvalue weighted by atomic mass is 9.99. The first-order valence-electron chi connectivity index (χ1n) is 12.1. The van der Waals surface area contributed by atoms with Gasteiger partial charge in [-0.3, -0.25) is 13.9 Å². The zero-order valence-electron chi connectivity index (χ0n) is 21.8. The van der Waals surface area contributed by atoms with E-state index in [-0.39, 0.29) is 51.8 Å². The number of anilines is 1. The minimum atomic E-state index is -4.86. The van der Waals surface area contributed by atoms with E-state index in [2.05, 4.69) is 15.5 Å². The molecule has 0 fully saturated rings. The van der Waals surface area contributed by atoms with Gasteiger partial charge in [-0.1, -0.05) is 0 Å². The molecule has 218 valence electrons. The van der Waals surface area contributed by atoms with Gasteiger partial charge in [0.25, 0.3) is 5.89 Å². The van der Waals surface area contributed by atoms with E-state index in [4.69, 9.17) is 13.9 Å². The molecular formula is C27H20F5N5O5. The Balaban J connectivity index is 1.61. The number of methoxy groups -OCH3 is 1. The van der Waals surface area contributed by atoms with Gasteiger partial charge < -0.3 is 19.2 Å². The van der Waals surface area contributed by atoms with Gasteiger partial charge in [-0.2, -0.15) is 13.2 Å². The zero-order valence-corrected chi connectivity index (χ0v) is 21.8. The highest BCUT2D eigenvalue weighted by atomic mass is 19.4. The lowest BCUT2D eigenvalue weighted by Gasteiger charge is -2.15. The van der Waals surface area contributed by atoms with Crippen LogP contribution in [0.4, 0.5) is 27.6 Å². The maximum absolute atomic E-state index is 15.3. The minimum Gasteiger partial charge on any atom is -0.493 e. The smallest absolute Gasteiger partial charge is 0.416 e. The quantitative estimate of drug-likeness (QED) is 0.256. The van der Waals surface area contributed by atoms with Crippen molar-refractivity contribution in [3.8, 4) is 22.6 Å². The van der Waals surface area contributed by atoms with Crippen LogP contribution in [0.3, 0.4) is 0 Å². The number of imidazole rings is 1. The van der Waals surface area contributed by atoms with Crippen molar-refractivity contribution in [3.05, 3.63) is 88.5 Å². The maximum atomic E-state index is 15.3. The van der Waals surface area contributed by atoms with E-state index >= 15 is 4.39 Å². The second-order valence-electron chi connectivity index (χ2n) is 8.98. The van der Waals surface area contributed by atoms with Gasteiger partial charge in [-0.05, 0) is 54.1 Å². The number of rotatable bonds is 8. The molecule has 0 saturated heterocycles. The summed E-state index contributed by atoms with van der Waals surface area (Å²) >= 11 is 0. The number of alkyl halides is 3. The van der Waals surface area contributed by atoms with E-state index in [1.807, 2.05) is 0 Å². The van der Waals surface area contributed by atoms with Crippen molar-refractivity contribution >= 4 is 22.6 Å². The summed E-state index contributed by atoms with van der Waals surface area (Å²) < 4.78 is 88.1. The van der Waals surface area contributed by atoms with Crippen LogP contribution in [-0.4, -0.2) is 32.3 Å². The summed E-state index contributed by atoms with van der Waals surface area (Å²) in [5, 5.41) is 9.58. The molecule has 42 heavy (non-hydrogen) atoms. The molecule has 0 saturated carbocycles. The van der Waals surface area contributed by atoms with Gasteiger partial charge in [0.1, 0.15) is 12.4 Å². The summed E-state index contributed by atoms with van der Waals surface area (Å²) in [5.74, 6) is -2.72. The lowest BCUT2D eigenvalue weighted by molar-refractivity contribution is -0.137. The summed E-state index contributed by atoms with van der Waals surface area (Å²) in [6.07, 6.45) is -3.80. The highest BCUT2D eigenvalue weighted by Crippen LogP contribution is 2.41. The number of nitrogens with one attached hydrogen (secondary N) is 1. The Morgan fingerprint density at radius 1 is 1.10 bits per heavy atom. The predicted octanol–water partition coefficient (Wildman–Crippen LogP) is 4.91. The van der Waals surface area contributed by atoms with Gasteiger partial charge in [0, 0.05) is 18.3 Å². The molecule has 10 nitrogen and oxygen atoms in total. The van der Waals surface area contributed by atoms with Crippen molar-refractivity contribution in [2.75, 3.05) is 12.4 Å². The van der Waals surface area contributed by atoms with Crippen LogP contribution >= 0.6 is 0 Å². The Kier molecular flexibility index (Phi) is 7.41. The molecule has 1 N–H and O–H groups in total. The Morgan fingerprint density at radius 2 is 1.83 bits per heavy atom. The molecular weight excluding hydrogens is 569 g/mol. The number of hydrogen-bond acceptors (Lipinski definition) is 7. The molecule has 0 unspecified atom stereocenters. The van der Waals surface area contributed by atoms with E-state index < -0.39 is 41.5 Å². The van der Waals surface area contributed by atoms with Crippen LogP contribution in [-0.2, 0) is 31.2 Å². The molecule has 0 atom stereocenters. The number of aromatic nitrogens is 4. The van der Waals surface area contributed by atoms with Gasteiger partial charge in [0.15, 0.2) is 23.9 Å². The lowest BCUT2D eigenvalue weighted by Crippen LogP contribution is -2.28. The molecule has 2 aromatic heterocycles. The predicted molar refractivity (Wildman–Crippen MR) is 138 cm³/mol. The highest BCUT2D eigenvalue weighted by Gasteiger charge is 2.33. The molecule has 0 aliphatic heterocycles. The van der Waals surface area contributed by atoms with Gasteiger partial charge >= 0.3 is 11.9 Å². The fourth-order valence-electron chi connectivity index (χ4n) is 4.38. The number of fused-ring (bicyclic) bond motifs is 1. The normalized spacial score (nSPS) is 11.6. The summed E-state index contributed by atoms with van der Waals surface area (Å²) in [6, 6.07) is 8.49. The van der Waals surface area contributed by atoms with Gasteiger partial charge in [0.05, 0.1) is 23.7 Å². The van der Waals surface area contributed by atoms with Gasteiger partial charge in [-0.25, -0.2) is 13.6 Å². The van der Waals surface area contributed by atoms with Crippen molar-refractivity contribution < 1.29 is 40.6 Å². The Labute approximate surface area is 232 Å². The number of hydrogen-bond donors (Lipinski definition) is 1. The third-order valence-corrected chi connectivity index (χ3v) is 6.28. The number of amides is 1. The largest absolute Gasteiger partial charge is 0.493 e. The molecule has 0 aliphatic carbocycles. The first-order chi connectivity index (χ1) is 20.0. The van der Waals surface area contributed by atoms with Crippen LogP contribution in [0.2, 0.25) is 0 Å². The Morgan fingerprint density at radius 3 is 2.48 bits per heavy atom. The van der Waals surface area contributed by atoms with Crippen molar-refractivity contribution in [3.63, 3.8) is 0 Å². The molecule has 3 aromatic carbocycles. The van der Waals surface area contributed by atoms with E-state index in [1.165, 1.54) is 32.4 Å². The summed E-state index contributed by atoms with van der Waals surface area (Å²) in [7, 11) is 2.52. The number of carbonyl (C=O) groups excluding carboxylic acids is 1. The van der Waals surface area contributed by atoms with Crippen LogP contribution in [0.5, 0.6) is 11.5 Å². The number of halogens is 5. The summed E-state index contributed by atoms with van der Waals surface area (Å²) in [5.41, 5.74) is -2.16. The summed E-state index contributed by atoms with van der Waals surface area (Å²) in [6.45, 7) is -0.966. The van der Waals surface area contributed by atoms with Crippen LogP contribution in [0, 0.1) is 11.6 Å². The molecule has 2 heterocycles. The van der Waals surface area contributed by atoms with Crippen molar-refractivity contribution in [2.45, 2.75) is 19.3 Å². The Bertz CT molecular complexity index is 1830.